The topological polar surface area (TPSA) is 12.4 Å². The maximum absolute atomic E-state index is 13.9. The predicted molar refractivity (Wildman–Crippen MR) is 112 cm³/mol. The van der Waals surface area contributed by atoms with E-state index in [0.717, 1.165) is 30.3 Å². The minimum Gasteiger partial charge on any atom is -0.205 e. The third kappa shape index (κ3) is 4.25. The van der Waals surface area contributed by atoms with Crippen LogP contribution < -0.4 is 0 Å². The molecule has 0 aromatic heterocycles. The van der Waals surface area contributed by atoms with E-state index in [1.807, 2.05) is 0 Å². The van der Waals surface area contributed by atoms with Crippen LogP contribution in [0.25, 0.3) is 6.08 Å². The second-order valence-corrected chi connectivity index (χ2v) is 7.68. The summed E-state index contributed by atoms with van der Waals surface area (Å²) in [6, 6.07) is 11.6. The highest BCUT2D eigenvalue weighted by Gasteiger charge is 2.32. The van der Waals surface area contributed by atoms with Crippen molar-refractivity contribution in [1.29, 1.82) is 0 Å². The maximum Gasteiger partial charge on any atom is 0.150 e. The molecule has 0 bridgehead atoms. The summed E-state index contributed by atoms with van der Waals surface area (Å²) >= 11 is 4.51. The molecule has 2 aromatic carbocycles. The summed E-state index contributed by atoms with van der Waals surface area (Å²) in [4.78, 5) is 3.69. The zero-order valence-electron chi connectivity index (χ0n) is 15.3. The number of aliphatic imine (C=N–C) groups is 1. The molecule has 1 saturated carbocycles. The molecule has 2 aromatic rings. The molecular weight excluding hydrogens is 353 g/mol. The number of isothiocyanates is 1. The minimum absolute atomic E-state index is 0.192. The summed E-state index contributed by atoms with van der Waals surface area (Å²) in [7, 11) is 0. The Kier molecular flexibility index (Phi) is 5.03. The van der Waals surface area contributed by atoms with Gasteiger partial charge in [-0.2, -0.15) is 4.99 Å². The van der Waals surface area contributed by atoms with Crippen LogP contribution in [0.4, 0.5) is 10.1 Å². The largest absolute Gasteiger partial charge is 0.205 e. The van der Waals surface area contributed by atoms with Crippen molar-refractivity contribution in [2.24, 2.45) is 16.8 Å². The van der Waals surface area contributed by atoms with E-state index in [4.69, 9.17) is 0 Å². The van der Waals surface area contributed by atoms with Gasteiger partial charge in [-0.25, -0.2) is 4.39 Å². The zero-order valence-corrected chi connectivity index (χ0v) is 16.1. The van der Waals surface area contributed by atoms with E-state index in [2.05, 4.69) is 65.4 Å². The Morgan fingerprint density at radius 1 is 1.15 bits per heavy atom. The molecule has 2 aliphatic carbocycles. The number of halogens is 1. The van der Waals surface area contributed by atoms with E-state index >= 15 is 0 Å². The van der Waals surface area contributed by atoms with Gasteiger partial charge in [0.15, 0.2) is 5.82 Å². The predicted octanol–water partition coefficient (Wildman–Crippen LogP) is 6.14. The highest BCUT2D eigenvalue weighted by Crippen LogP contribution is 2.40. The van der Waals surface area contributed by atoms with Gasteiger partial charge in [0.2, 0.25) is 0 Å². The first-order chi connectivity index (χ1) is 13.1. The van der Waals surface area contributed by atoms with Gasteiger partial charge in [0.1, 0.15) is 5.69 Å². The van der Waals surface area contributed by atoms with Gasteiger partial charge in [0, 0.05) is 11.1 Å². The van der Waals surface area contributed by atoms with Gasteiger partial charge in [-0.15, -0.1) is 0 Å². The van der Waals surface area contributed by atoms with Crippen molar-refractivity contribution in [3.05, 3.63) is 70.0 Å². The average molecular weight is 373 g/mol. The molecule has 134 valence electrons. The summed E-state index contributed by atoms with van der Waals surface area (Å²) < 4.78 is 13.9. The molecular formula is C24H20FNS. The van der Waals surface area contributed by atoms with Crippen LogP contribution in [-0.2, 0) is 12.8 Å². The number of fused-ring (bicyclic) bond motifs is 1. The molecule has 0 radical (unpaired) electrons. The fourth-order valence-electron chi connectivity index (χ4n) is 3.63. The Bertz CT molecular complexity index is 1030. The van der Waals surface area contributed by atoms with Crippen molar-refractivity contribution in [2.45, 2.75) is 32.6 Å². The molecule has 0 saturated heterocycles. The number of hydrogen-bond donors (Lipinski definition) is 0. The molecule has 4 rings (SSSR count). The van der Waals surface area contributed by atoms with Gasteiger partial charge in [-0.05, 0) is 90.7 Å². The molecule has 27 heavy (non-hydrogen) atoms. The molecule has 2 aliphatic rings. The number of benzene rings is 2. The number of thiocarbonyl (C=S) groups is 1. The Morgan fingerprint density at radius 3 is 2.74 bits per heavy atom. The Hall–Kier alpha value is -2.53. The van der Waals surface area contributed by atoms with Gasteiger partial charge in [-0.1, -0.05) is 37.0 Å². The normalized spacial score (nSPS) is 19.9. The summed E-state index contributed by atoms with van der Waals surface area (Å²) in [5.41, 5.74) is 6.05. The van der Waals surface area contributed by atoms with E-state index in [1.165, 1.54) is 35.6 Å². The van der Waals surface area contributed by atoms with Crippen LogP contribution in [-0.4, -0.2) is 5.16 Å². The van der Waals surface area contributed by atoms with E-state index in [1.54, 1.807) is 12.1 Å². The third-order valence-corrected chi connectivity index (χ3v) is 5.55. The van der Waals surface area contributed by atoms with Crippen molar-refractivity contribution >= 4 is 29.1 Å². The SMILES string of the molecule is CC1CC1Cc1ccc2c(c1)CCC(C#Cc1ccc(N=C=S)c(F)c1)=C2. The summed E-state index contributed by atoms with van der Waals surface area (Å²) in [6.07, 6.45) is 6.69. The van der Waals surface area contributed by atoms with Crippen molar-refractivity contribution in [2.75, 3.05) is 0 Å². The zero-order chi connectivity index (χ0) is 18.8. The lowest BCUT2D eigenvalue weighted by Crippen LogP contribution is -2.00. The van der Waals surface area contributed by atoms with Crippen molar-refractivity contribution in [1.82, 2.24) is 0 Å². The van der Waals surface area contributed by atoms with Gasteiger partial charge < -0.3 is 0 Å². The van der Waals surface area contributed by atoms with E-state index in [9.17, 15) is 4.39 Å². The lowest BCUT2D eigenvalue weighted by molar-refractivity contribution is 0.629. The number of aryl methyl sites for hydroxylation is 1. The quantitative estimate of drug-likeness (QED) is 0.358. The van der Waals surface area contributed by atoms with E-state index in [0.29, 0.717) is 5.56 Å². The van der Waals surface area contributed by atoms with Crippen LogP contribution in [0.5, 0.6) is 0 Å². The maximum atomic E-state index is 13.9. The first-order valence-corrected chi connectivity index (χ1v) is 9.75. The molecule has 1 nitrogen and oxygen atoms in total. The van der Waals surface area contributed by atoms with Gasteiger partial charge >= 0.3 is 0 Å². The number of hydrogen-bond acceptors (Lipinski definition) is 2. The smallest absolute Gasteiger partial charge is 0.150 e. The number of allylic oxidation sites excluding steroid dienone is 1. The third-order valence-electron chi connectivity index (χ3n) is 5.46. The average Bonchev–Trinajstić information content (AvgIpc) is 3.36. The Balaban J connectivity index is 1.51. The van der Waals surface area contributed by atoms with Crippen molar-refractivity contribution < 1.29 is 4.39 Å². The first kappa shape index (κ1) is 17.9. The summed E-state index contributed by atoms with van der Waals surface area (Å²) in [5.74, 6) is 7.60. The lowest BCUT2D eigenvalue weighted by Gasteiger charge is -2.15. The number of rotatable bonds is 3. The number of nitrogens with zero attached hydrogens (tertiary/aromatic N) is 1. The van der Waals surface area contributed by atoms with Crippen LogP contribution in [0, 0.1) is 29.5 Å². The molecule has 0 aliphatic heterocycles. The van der Waals surface area contributed by atoms with Crippen LogP contribution in [0.2, 0.25) is 0 Å². The van der Waals surface area contributed by atoms with Crippen LogP contribution in [0.1, 0.15) is 42.0 Å². The van der Waals surface area contributed by atoms with Crippen LogP contribution in [0.3, 0.4) is 0 Å². The molecule has 0 amide bonds. The molecule has 2 atom stereocenters. The molecule has 2 unspecified atom stereocenters. The molecule has 0 N–H and O–H groups in total. The second-order valence-electron chi connectivity index (χ2n) is 7.50. The molecule has 0 spiro atoms. The van der Waals surface area contributed by atoms with Crippen molar-refractivity contribution in [3.8, 4) is 11.8 Å². The standard InChI is InChI=1S/C24H20FNS/c1-16-10-22(16)13-19-5-8-20-11-17(4-7-21(20)12-19)2-3-18-6-9-24(26-15-27)23(25)14-18/h5-6,8-9,11-12,14,16,22H,4,7,10,13H2,1H3. The van der Waals surface area contributed by atoms with Crippen LogP contribution >= 0.6 is 12.2 Å². The Morgan fingerprint density at radius 2 is 2.00 bits per heavy atom. The highest BCUT2D eigenvalue weighted by molar-refractivity contribution is 7.78. The summed E-state index contributed by atoms with van der Waals surface area (Å²) in [5, 5.41) is 2.18. The second kappa shape index (κ2) is 7.61. The molecule has 3 heteroatoms. The highest BCUT2D eigenvalue weighted by atomic mass is 32.1. The first-order valence-electron chi connectivity index (χ1n) is 9.34. The molecule has 1 fully saturated rings. The fourth-order valence-corrected chi connectivity index (χ4v) is 3.73. The summed E-state index contributed by atoms with van der Waals surface area (Å²) in [6.45, 7) is 2.33. The van der Waals surface area contributed by atoms with E-state index < -0.39 is 5.82 Å². The van der Waals surface area contributed by atoms with Gasteiger partial charge in [0.05, 0.1) is 5.16 Å². The monoisotopic (exact) mass is 373 g/mol. The minimum atomic E-state index is -0.431. The fraction of sp³-hybridized carbons (Fsp3) is 0.292. The Labute approximate surface area is 165 Å². The lowest BCUT2D eigenvalue weighted by atomic mass is 9.90. The molecule has 0 heterocycles. The van der Waals surface area contributed by atoms with Crippen LogP contribution in [0.15, 0.2) is 47.0 Å². The van der Waals surface area contributed by atoms with E-state index in [-0.39, 0.29) is 5.69 Å². The van der Waals surface area contributed by atoms with Gasteiger partial charge in [-0.3, -0.25) is 0 Å². The van der Waals surface area contributed by atoms with Crippen molar-refractivity contribution in [3.63, 3.8) is 0 Å². The van der Waals surface area contributed by atoms with Gasteiger partial charge in [0.25, 0.3) is 0 Å².